The van der Waals surface area contributed by atoms with Gasteiger partial charge in [-0.25, -0.2) is 0 Å². The van der Waals surface area contributed by atoms with Crippen molar-refractivity contribution in [2.75, 3.05) is 27.4 Å². The molecule has 0 aliphatic heterocycles. The third-order valence-corrected chi connectivity index (χ3v) is 6.10. The smallest absolute Gasteiger partial charge is 0.310 e. The second-order valence-electron chi connectivity index (χ2n) is 8.29. The first-order chi connectivity index (χ1) is 17.5. The minimum absolute atomic E-state index is 0.0671. The summed E-state index contributed by atoms with van der Waals surface area (Å²) < 4.78 is 22.4. The molecular formula is C30H30O6. The summed E-state index contributed by atoms with van der Waals surface area (Å²) in [7, 11) is 3.19. The third-order valence-electron chi connectivity index (χ3n) is 6.10. The van der Waals surface area contributed by atoms with Crippen LogP contribution in [0.1, 0.15) is 25.0 Å². The molecule has 0 spiro atoms. The van der Waals surface area contributed by atoms with Gasteiger partial charge in [0.2, 0.25) is 0 Å². The van der Waals surface area contributed by atoms with E-state index in [4.69, 9.17) is 18.9 Å². The van der Waals surface area contributed by atoms with E-state index in [1.54, 1.807) is 28.1 Å². The number of ether oxygens (including phenoxy) is 4. The molecule has 0 unspecified atom stereocenters. The van der Waals surface area contributed by atoms with Crippen molar-refractivity contribution in [1.29, 1.82) is 0 Å². The number of esters is 2. The molecular weight excluding hydrogens is 456 g/mol. The van der Waals surface area contributed by atoms with Crippen molar-refractivity contribution in [2.45, 2.75) is 26.7 Å². The van der Waals surface area contributed by atoms with Gasteiger partial charge in [0.1, 0.15) is 11.5 Å². The molecule has 4 aromatic rings. The molecule has 0 fully saturated rings. The molecule has 0 saturated heterocycles. The van der Waals surface area contributed by atoms with Crippen LogP contribution in [0, 0.1) is 0 Å². The number of methoxy groups -OCH3 is 2. The van der Waals surface area contributed by atoms with Crippen molar-refractivity contribution < 1.29 is 28.5 Å². The Morgan fingerprint density at radius 1 is 0.639 bits per heavy atom. The van der Waals surface area contributed by atoms with Crippen LogP contribution in [0.5, 0.6) is 11.5 Å². The van der Waals surface area contributed by atoms with Gasteiger partial charge in [-0.2, -0.15) is 0 Å². The molecule has 36 heavy (non-hydrogen) atoms. The maximum atomic E-state index is 12.5. The van der Waals surface area contributed by atoms with Gasteiger partial charge in [-0.05, 0) is 47.5 Å². The lowest BCUT2D eigenvalue weighted by atomic mass is 9.87. The molecule has 0 atom stereocenters. The molecule has 0 radical (unpaired) electrons. The third kappa shape index (κ3) is 4.85. The van der Waals surface area contributed by atoms with Crippen molar-refractivity contribution in [3.63, 3.8) is 0 Å². The van der Waals surface area contributed by atoms with Crippen LogP contribution in [0.15, 0.2) is 60.7 Å². The minimum atomic E-state index is -0.329. The number of rotatable bonds is 9. The van der Waals surface area contributed by atoms with Gasteiger partial charge in [-0.1, -0.05) is 48.5 Å². The molecule has 0 aromatic heterocycles. The molecule has 4 rings (SSSR count). The van der Waals surface area contributed by atoms with E-state index in [-0.39, 0.29) is 24.8 Å². The summed E-state index contributed by atoms with van der Waals surface area (Å²) in [4.78, 5) is 25.0. The van der Waals surface area contributed by atoms with Gasteiger partial charge < -0.3 is 18.9 Å². The average Bonchev–Trinajstić information content (AvgIpc) is 2.87. The number of carbonyl (C=O) groups is 2. The Balaban J connectivity index is 2.10. The van der Waals surface area contributed by atoms with Crippen molar-refractivity contribution in [3.8, 4) is 22.6 Å². The lowest BCUT2D eigenvalue weighted by Crippen LogP contribution is -2.10. The molecule has 4 aromatic carbocycles. The zero-order chi connectivity index (χ0) is 25.7. The standard InChI is InChI=1S/C30H30O6/c1-5-35-25(31)17-21-15-19-11-7-9-13-23(19)27(29(21)33-3)28-24-14-10-8-12-20(24)16-22(30(28)34-4)18-26(32)36-6-2/h7-16H,5-6,17-18H2,1-4H3. The van der Waals surface area contributed by atoms with Crippen molar-refractivity contribution in [1.82, 2.24) is 0 Å². The Hall–Kier alpha value is -4.06. The van der Waals surface area contributed by atoms with E-state index in [0.717, 1.165) is 32.7 Å². The van der Waals surface area contributed by atoms with E-state index >= 15 is 0 Å². The van der Waals surface area contributed by atoms with Gasteiger partial charge in [-0.15, -0.1) is 0 Å². The monoisotopic (exact) mass is 486 g/mol. The van der Waals surface area contributed by atoms with Gasteiger partial charge in [0.25, 0.3) is 0 Å². The van der Waals surface area contributed by atoms with Crippen LogP contribution in [0.2, 0.25) is 0 Å². The van der Waals surface area contributed by atoms with Crippen LogP contribution in [0.25, 0.3) is 32.7 Å². The van der Waals surface area contributed by atoms with Crippen molar-refractivity contribution in [2.24, 2.45) is 0 Å². The summed E-state index contributed by atoms with van der Waals surface area (Å²) in [5.41, 5.74) is 3.03. The molecule has 0 N–H and O–H groups in total. The van der Waals surface area contributed by atoms with Gasteiger partial charge >= 0.3 is 11.9 Å². The Kier molecular flexibility index (Phi) is 7.74. The first-order valence-corrected chi connectivity index (χ1v) is 12.0. The van der Waals surface area contributed by atoms with E-state index in [9.17, 15) is 9.59 Å². The van der Waals surface area contributed by atoms with E-state index in [1.807, 2.05) is 60.7 Å². The van der Waals surface area contributed by atoms with Crippen LogP contribution in [0.3, 0.4) is 0 Å². The largest absolute Gasteiger partial charge is 0.496 e. The molecule has 0 heterocycles. The normalized spacial score (nSPS) is 10.9. The summed E-state index contributed by atoms with van der Waals surface area (Å²) in [6.07, 6.45) is 0.134. The van der Waals surface area contributed by atoms with Crippen LogP contribution in [-0.4, -0.2) is 39.4 Å². The Labute approximate surface area is 210 Å². The molecule has 0 aliphatic carbocycles. The van der Waals surface area contributed by atoms with E-state index in [2.05, 4.69) is 0 Å². The number of fused-ring (bicyclic) bond motifs is 2. The summed E-state index contributed by atoms with van der Waals surface area (Å²) in [6, 6.07) is 19.8. The zero-order valence-electron chi connectivity index (χ0n) is 21.1. The van der Waals surface area contributed by atoms with Crippen LogP contribution in [0.4, 0.5) is 0 Å². The second-order valence-corrected chi connectivity index (χ2v) is 8.29. The number of benzene rings is 4. The first kappa shape index (κ1) is 25.0. The summed E-state index contributed by atoms with van der Waals surface area (Å²) >= 11 is 0. The van der Waals surface area contributed by atoms with Crippen LogP contribution >= 0.6 is 0 Å². The quantitative estimate of drug-likeness (QED) is 0.275. The summed E-state index contributed by atoms with van der Waals surface area (Å²) in [5.74, 6) is 0.479. The number of hydrogen-bond donors (Lipinski definition) is 0. The topological polar surface area (TPSA) is 71.1 Å². The number of hydrogen-bond acceptors (Lipinski definition) is 6. The van der Waals surface area contributed by atoms with Gasteiger partial charge in [0, 0.05) is 22.3 Å². The molecule has 6 nitrogen and oxygen atoms in total. The second kappa shape index (κ2) is 11.1. The predicted molar refractivity (Wildman–Crippen MR) is 141 cm³/mol. The Bertz CT molecular complexity index is 1310. The van der Waals surface area contributed by atoms with Crippen molar-refractivity contribution in [3.05, 3.63) is 71.8 Å². The fourth-order valence-electron chi connectivity index (χ4n) is 4.73. The SMILES string of the molecule is CCOC(=O)Cc1cc2ccccc2c(-c2c(OC)c(CC(=O)OCC)cc3ccccc23)c1OC. The highest BCUT2D eigenvalue weighted by atomic mass is 16.5. The maximum Gasteiger partial charge on any atom is 0.310 e. The highest BCUT2D eigenvalue weighted by molar-refractivity contribution is 6.11. The van der Waals surface area contributed by atoms with Gasteiger partial charge in [0.05, 0.1) is 40.3 Å². The van der Waals surface area contributed by atoms with Crippen molar-refractivity contribution >= 4 is 33.5 Å². The van der Waals surface area contributed by atoms with Gasteiger partial charge in [-0.3, -0.25) is 9.59 Å². The van der Waals surface area contributed by atoms with Crippen LogP contribution < -0.4 is 9.47 Å². The van der Waals surface area contributed by atoms with Crippen LogP contribution in [-0.2, 0) is 31.9 Å². The highest BCUT2D eigenvalue weighted by Crippen LogP contribution is 2.48. The highest BCUT2D eigenvalue weighted by Gasteiger charge is 2.25. The lowest BCUT2D eigenvalue weighted by Gasteiger charge is -2.22. The fourth-order valence-corrected chi connectivity index (χ4v) is 4.73. The summed E-state index contributed by atoms with van der Waals surface area (Å²) in [5, 5.41) is 3.79. The Morgan fingerprint density at radius 2 is 1.03 bits per heavy atom. The molecule has 186 valence electrons. The first-order valence-electron chi connectivity index (χ1n) is 12.0. The molecule has 0 aliphatic rings. The molecule has 6 heteroatoms. The maximum absolute atomic E-state index is 12.5. The Morgan fingerprint density at radius 3 is 1.39 bits per heavy atom. The average molecular weight is 487 g/mol. The molecule has 0 bridgehead atoms. The minimum Gasteiger partial charge on any atom is -0.496 e. The van der Waals surface area contributed by atoms with E-state index in [1.165, 1.54) is 0 Å². The van der Waals surface area contributed by atoms with E-state index in [0.29, 0.717) is 35.8 Å². The fraction of sp³-hybridized carbons (Fsp3) is 0.267. The predicted octanol–water partition coefficient (Wildman–Crippen LogP) is 5.89. The molecule has 0 saturated carbocycles. The van der Waals surface area contributed by atoms with Gasteiger partial charge in [0.15, 0.2) is 0 Å². The summed E-state index contributed by atoms with van der Waals surface area (Å²) in [6.45, 7) is 4.17. The number of carbonyl (C=O) groups excluding carboxylic acids is 2. The lowest BCUT2D eigenvalue weighted by molar-refractivity contribution is -0.143. The van der Waals surface area contributed by atoms with E-state index < -0.39 is 0 Å². The zero-order valence-corrected chi connectivity index (χ0v) is 21.1. The molecule has 0 amide bonds.